The van der Waals surface area contributed by atoms with E-state index in [1.165, 1.54) is 32.1 Å². The molecule has 0 aromatic rings. The number of aliphatic hydroxyl groups is 3. The molecule has 124 valence electrons. The molecule has 4 N–H and O–H groups in total. The summed E-state index contributed by atoms with van der Waals surface area (Å²) >= 11 is 0. The van der Waals surface area contributed by atoms with E-state index in [0.717, 1.165) is 26.1 Å². The molecule has 0 saturated carbocycles. The minimum atomic E-state index is -0.849. The van der Waals surface area contributed by atoms with Gasteiger partial charge in [0, 0.05) is 19.1 Å². The predicted molar refractivity (Wildman–Crippen MR) is 83.2 cm³/mol. The first-order valence-electron chi connectivity index (χ1n) is 8.66. The number of piperidine rings is 1. The Bertz CT molecular complexity index is 303. The molecule has 2 rings (SSSR count). The minimum absolute atomic E-state index is 0.0859. The lowest BCUT2D eigenvalue weighted by molar-refractivity contribution is -0.101. The Morgan fingerprint density at radius 3 is 2.48 bits per heavy atom. The third kappa shape index (κ3) is 4.39. The maximum atomic E-state index is 10.2. The van der Waals surface area contributed by atoms with E-state index in [0.29, 0.717) is 6.42 Å². The number of fused-ring (bicyclic) bond motifs is 1. The summed E-state index contributed by atoms with van der Waals surface area (Å²) < 4.78 is 0. The Kier molecular flexibility index (Phi) is 6.89. The molecule has 2 fully saturated rings. The molecule has 2 heterocycles. The first-order valence-corrected chi connectivity index (χ1v) is 8.66. The summed E-state index contributed by atoms with van der Waals surface area (Å²) in [5.74, 6) is 0. The Morgan fingerprint density at radius 2 is 1.71 bits per heavy atom. The van der Waals surface area contributed by atoms with Crippen LogP contribution in [0.1, 0.15) is 51.9 Å². The second-order valence-electron chi connectivity index (χ2n) is 6.65. The lowest BCUT2D eigenvalue weighted by Crippen LogP contribution is -2.65. The smallest absolute Gasteiger partial charge is 0.0994 e. The fraction of sp³-hybridized carbons (Fsp3) is 1.00. The number of hydrogen-bond donors (Lipinski definition) is 4. The van der Waals surface area contributed by atoms with Crippen LogP contribution in [-0.2, 0) is 0 Å². The Hall–Kier alpha value is -0.200. The van der Waals surface area contributed by atoms with Gasteiger partial charge in [-0.15, -0.1) is 0 Å². The summed E-state index contributed by atoms with van der Waals surface area (Å²) in [7, 11) is 0. The summed E-state index contributed by atoms with van der Waals surface area (Å²) in [5, 5.41) is 33.7. The average Bonchev–Trinajstić information content (AvgIpc) is 2.84. The van der Waals surface area contributed by atoms with Gasteiger partial charge in [-0.25, -0.2) is 0 Å². The zero-order valence-corrected chi connectivity index (χ0v) is 13.2. The second kappa shape index (κ2) is 8.44. The van der Waals surface area contributed by atoms with Crippen molar-refractivity contribution in [2.24, 2.45) is 0 Å². The highest BCUT2D eigenvalue weighted by molar-refractivity contribution is 5.03. The van der Waals surface area contributed by atoms with Gasteiger partial charge in [-0.1, -0.05) is 39.0 Å². The molecule has 0 aromatic carbocycles. The monoisotopic (exact) mass is 300 g/mol. The van der Waals surface area contributed by atoms with Crippen LogP contribution in [0.4, 0.5) is 0 Å². The van der Waals surface area contributed by atoms with Gasteiger partial charge in [-0.05, 0) is 19.4 Å². The number of nitrogens with zero attached hydrogens (tertiary/aromatic N) is 1. The van der Waals surface area contributed by atoms with Gasteiger partial charge in [-0.3, -0.25) is 4.90 Å². The number of hydrogen-bond acceptors (Lipinski definition) is 5. The second-order valence-corrected chi connectivity index (χ2v) is 6.65. The Balaban J connectivity index is 1.67. The fourth-order valence-corrected chi connectivity index (χ4v) is 3.70. The highest BCUT2D eigenvalue weighted by Gasteiger charge is 2.47. The minimum Gasteiger partial charge on any atom is -0.391 e. The summed E-state index contributed by atoms with van der Waals surface area (Å²) in [6, 6.07) is -0.371. The molecule has 5 heteroatoms. The van der Waals surface area contributed by atoms with Crippen molar-refractivity contribution in [1.29, 1.82) is 0 Å². The van der Waals surface area contributed by atoms with Crippen LogP contribution in [0.25, 0.3) is 0 Å². The number of unbranched alkanes of at least 4 members (excludes halogenated alkanes) is 5. The van der Waals surface area contributed by atoms with Gasteiger partial charge < -0.3 is 20.6 Å². The fourth-order valence-electron chi connectivity index (χ4n) is 3.70. The van der Waals surface area contributed by atoms with Gasteiger partial charge >= 0.3 is 0 Å². The van der Waals surface area contributed by atoms with Crippen molar-refractivity contribution in [3.63, 3.8) is 0 Å². The molecule has 2 aliphatic heterocycles. The molecule has 5 atom stereocenters. The van der Waals surface area contributed by atoms with E-state index in [9.17, 15) is 15.3 Å². The Morgan fingerprint density at radius 1 is 1.00 bits per heavy atom. The highest BCUT2D eigenvalue weighted by atomic mass is 16.3. The predicted octanol–water partition coefficient (Wildman–Crippen LogP) is 0.476. The molecular formula is C16H32N2O3. The molecule has 21 heavy (non-hydrogen) atoms. The zero-order valence-electron chi connectivity index (χ0n) is 13.2. The van der Waals surface area contributed by atoms with Crippen molar-refractivity contribution in [2.45, 2.75) is 82.3 Å². The van der Waals surface area contributed by atoms with E-state index < -0.39 is 18.3 Å². The first kappa shape index (κ1) is 17.2. The van der Waals surface area contributed by atoms with Gasteiger partial charge in [0.1, 0.15) is 0 Å². The molecular weight excluding hydrogens is 268 g/mol. The van der Waals surface area contributed by atoms with E-state index >= 15 is 0 Å². The van der Waals surface area contributed by atoms with E-state index in [2.05, 4.69) is 17.1 Å². The topological polar surface area (TPSA) is 76.0 Å². The van der Waals surface area contributed by atoms with Crippen LogP contribution in [-0.4, -0.2) is 70.2 Å². The van der Waals surface area contributed by atoms with Crippen LogP contribution in [0.15, 0.2) is 0 Å². The van der Waals surface area contributed by atoms with Crippen LogP contribution < -0.4 is 5.32 Å². The van der Waals surface area contributed by atoms with E-state index in [1.807, 2.05) is 0 Å². The molecule has 0 radical (unpaired) electrons. The van der Waals surface area contributed by atoms with Crippen molar-refractivity contribution in [1.82, 2.24) is 10.2 Å². The number of nitrogens with one attached hydrogen (secondary N) is 1. The third-order valence-corrected chi connectivity index (χ3v) is 5.01. The molecule has 0 aromatic heterocycles. The Labute approximate surface area is 128 Å². The summed E-state index contributed by atoms with van der Waals surface area (Å²) in [5.41, 5.74) is 0. The van der Waals surface area contributed by atoms with Crippen LogP contribution in [0, 0.1) is 0 Å². The number of aliphatic hydroxyl groups excluding tert-OH is 3. The van der Waals surface area contributed by atoms with Gasteiger partial charge in [0.2, 0.25) is 0 Å². The van der Waals surface area contributed by atoms with Gasteiger partial charge in [-0.2, -0.15) is 0 Å². The zero-order chi connectivity index (χ0) is 15.2. The van der Waals surface area contributed by atoms with Crippen LogP contribution in [0.2, 0.25) is 0 Å². The quantitative estimate of drug-likeness (QED) is 0.491. The van der Waals surface area contributed by atoms with Gasteiger partial charge in [0.25, 0.3) is 0 Å². The van der Waals surface area contributed by atoms with Crippen LogP contribution >= 0.6 is 0 Å². The van der Waals surface area contributed by atoms with Crippen molar-refractivity contribution in [3.8, 4) is 0 Å². The van der Waals surface area contributed by atoms with Crippen LogP contribution in [0.3, 0.4) is 0 Å². The highest BCUT2D eigenvalue weighted by Crippen LogP contribution is 2.28. The van der Waals surface area contributed by atoms with E-state index in [-0.39, 0.29) is 12.1 Å². The van der Waals surface area contributed by atoms with Crippen molar-refractivity contribution < 1.29 is 15.3 Å². The first-order chi connectivity index (χ1) is 10.1. The molecule has 2 aliphatic rings. The molecule has 0 amide bonds. The van der Waals surface area contributed by atoms with Gasteiger partial charge in [0.15, 0.2) is 0 Å². The third-order valence-electron chi connectivity index (χ3n) is 5.01. The number of rotatable bonds is 8. The standard InChI is InChI=1S/C16H32N2O3/c1-2-3-4-5-6-7-9-17-12-11-18-10-8-13(19)14(18)16(21)15(12)20/h12-17,19-21H,2-11H2,1H3. The summed E-state index contributed by atoms with van der Waals surface area (Å²) in [4.78, 5) is 2.11. The summed E-state index contributed by atoms with van der Waals surface area (Å²) in [6.45, 7) is 4.64. The average molecular weight is 300 g/mol. The molecule has 0 spiro atoms. The van der Waals surface area contributed by atoms with Crippen molar-refractivity contribution >= 4 is 0 Å². The van der Waals surface area contributed by atoms with Crippen molar-refractivity contribution in [2.75, 3.05) is 19.6 Å². The van der Waals surface area contributed by atoms with Crippen LogP contribution in [0.5, 0.6) is 0 Å². The van der Waals surface area contributed by atoms with Gasteiger partial charge in [0.05, 0.1) is 24.4 Å². The normalized spacial score (nSPS) is 36.9. The SMILES string of the molecule is CCCCCCCCNC1CN2CCC(O)C2C(O)C1O. The lowest BCUT2D eigenvalue weighted by Gasteiger charge is -2.43. The maximum absolute atomic E-state index is 10.2. The van der Waals surface area contributed by atoms with Crippen molar-refractivity contribution in [3.05, 3.63) is 0 Å². The summed E-state index contributed by atoms with van der Waals surface area (Å²) in [6.07, 6.45) is 6.09. The largest absolute Gasteiger partial charge is 0.391 e. The molecule has 5 unspecified atom stereocenters. The lowest BCUT2D eigenvalue weighted by atomic mass is 9.91. The molecule has 2 saturated heterocycles. The molecule has 5 nitrogen and oxygen atoms in total. The molecule has 0 bridgehead atoms. The van der Waals surface area contributed by atoms with E-state index in [4.69, 9.17) is 0 Å². The molecule has 0 aliphatic carbocycles. The van der Waals surface area contributed by atoms with E-state index in [1.54, 1.807) is 0 Å². The maximum Gasteiger partial charge on any atom is 0.0994 e.